The van der Waals surface area contributed by atoms with Gasteiger partial charge in [0.05, 0.1) is 16.7 Å². The van der Waals surface area contributed by atoms with E-state index < -0.39 is 0 Å². The molecule has 12 aromatic rings. The van der Waals surface area contributed by atoms with Crippen molar-refractivity contribution in [2.75, 3.05) is 0 Å². The second-order valence-corrected chi connectivity index (χ2v) is 16.5. The Kier molecular flexibility index (Phi) is 8.61. The normalized spacial score (nSPS) is 11.5. The quantitative estimate of drug-likeness (QED) is 0.161. The predicted molar refractivity (Wildman–Crippen MR) is 257 cm³/mol. The van der Waals surface area contributed by atoms with E-state index in [1.54, 1.807) is 0 Å². The Hall–Kier alpha value is -8.06. The Morgan fingerprint density at radius 2 is 0.903 bits per heavy atom. The number of pyridine rings is 1. The second kappa shape index (κ2) is 14.9. The summed E-state index contributed by atoms with van der Waals surface area (Å²) in [6, 6.07) is 72.3. The third-order valence-corrected chi connectivity index (χ3v) is 12.9. The number of thiophene rings is 1. The Bertz CT molecular complexity index is 3560. The van der Waals surface area contributed by atoms with Crippen LogP contribution in [-0.2, 0) is 0 Å². The number of fused-ring (bicyclic) bond motifs is 6. The minimum absolute atomic E-state index is 0.562. The van der Waals surface area contributed by atoms with Gasteiger partial charge in [-0.15, -0.1) is 11.3 Å². The summed E-state index contributed by atoms with van der Waals surface area (Å²) >= 11 is 1.81. The molecule has 0 saturated carbocycles. The van der Waals surface area contributed by atoms with Gasteiger partial charge in [0, 0.05) is 70.6 Å². The molecule has 4 heterocycles. The van der Waals surface area contributed by atoms with Crippen molar-refractivity contribution in [3.63, 3.8) is 0 Å². The molecule has 0 bridgehead atoms. The van der Waals surface area contributed by atoms with Crippen LogP contribution in [0, 0.1) is 0 Å². The average molecular weight is 810 g/mol. The summed E-state index contributed by atoms with van der Waals surface area (Å²) in [4.78, 5) is 21.0. The Morgan fingerprint density at radius 1 is 0.355 bits per heavy atom. The predicted octanol–water partition coefficient (Wildman–Crippen LogP) is 14.7. The third-order valence-electron chi connectivity index (χ3n) is 11.7. The van der Waals surface area contributed by atoms with Crippen LogP contribution in [0.2, 0.25) is 0 Å². The number of aromatic nitrogens is 5. The summed E-state index contributed by atoms with van der Waals surface area (Å²) < 4.78 is 4.78. The topological polar surface area (TPSA) is 56.5 Å². The van der Waals surface area contributed by atoms with E-state index in [2.05, 4.69) is 150 Å². The van der Waals surface area contributed by atoms with Crippen LogP contribution < -0.4 is 0 Å². The van der Waals surface area contributed by atoms with Crippen molar-refractivity contribution >= 4 is 53.3 Å². The second-order valence-electron chi connectivity index (χ2n) is 15.4. The number of rotatable bonds is 7. The largest absolute Gasteiger partial charge is 0.309 e. The van der Waals surface area contributed by atoms with E-state index >= 15 is 0 Å². The first-order valence-electron chi connectivity index (χ1n) is 20.7. The molecule has 0 amide bonds. The van der Waals surface area contributed by atoms with Crippen LogP contribution >= 0.6 is 11.3 Å². The van der Waals surface area contributed by atoms with Gasteiger partial charge >= 0.3 is 0 Å². The molecule has 0 aliphatic rings. The lowest BCUT2D eigenvalue weighted by Crippen LogP contribution is -2.02. The first kappa shape index (κ1) is 35.8. The first-order valence-corrected chi connectivity index (χ1v) is 21.5. The molecule has 6 heteroatoms. The molecule has 0 N–H and O–H groups in total. The molecule has 5 nitrogen and oxygen atoms in total. The van der Waals surface area contributed by atoms with Gasteiger partial charge < -0.3 is 4.57 Å². The molecule has 0 aliphatic heterocycles. The van der Waals surface area contributed by atoms with Crippen molar-refractivity contribution in [3.8, 4) is 73.4 Å². The molecule has 0 fully saturated rings. The summed E-state index contributed by atoms with van der Waals surface area (Å²) in [5.74, 6) is 1.77. The maximum atomic E-state index is 5.40. The van der Waals surface area contributed by atoms with E-state index in [9.17, 15) is 0 Å². The molecular formula is C56H35N5S. The van der Waals surface area contributed by atoms with Gasteiger partial charge in [-0.3, -0.25) is 4.98 Å². The van der Waals surface area contributed by atoms with E-state index in [0.29, 0.717) is 17.5 Å². The fraction of sp³-hybridized carbons (Fsp3) is 0. The van der Waals surface area contributed by atoms with Gasteiger partial charge in [-0.05, 0) is 53.1 Å². The zero-order valence-electron chi connectivity index (χ0n) is 33.4. The number of hydrogen-bond acceptors (Lipinski definition) is 5. The molecule has 0 unspecified atom stereocenters. The van der Waals surface area contributed by atoms with Crippen LogP contribution in [0.4, 0.5) is 0 Å². The molecule has 0 spiro atoms. The number of benzene rings is 8. The minimum Gasteiger partial charge on any atom is -0.309 e. The molecule has 12 rings (SSSR count). The standard InChI is InChI=1S/C56H35N5S/c1-5-18-36(19-6-1)41-26-13-14-27-42(41)39-32-48(56-59-54(37-20-7-2-8-21-37)58-55(60-56)38-22-9-3-10-23-38)52(57-35-39)45-30-17-29-44-47-33-50-46(34-51(47)62-53(44)45)43-28-15-16-31-49(43)61(50)40-24-11-4-12-25-40/h1-35H. The molecule has 0 saturated heterocycles. The van der Waals surface area contributed by atoms with Crippen LogP contribution in [0.25, 0.3) is 115 Å². The Labute approximate surface area is 361 Å². The van der Waals surface area contributed by atoms with Gasteiger partial charge in [0.1, 0.15) is 0 Å². The van der Waals surface area contributed by atoms with Gasteiger partial charge in [0.25, 0.3) is 0 Å². The molecule has 0 aliphatic carbocycles. The smallest absolute Gasteiger partial charge is 0.166 e. The van der Waals surface area contributed by atoms with Crippen LogP contribution in [-0.4, -0.2) is 24.5 Å². The molecule has 0 radical (unpaired) electrons. The minimum atomic E-state index is 0.562. The van der Waals surface area contributed by atoms with Crippen LogP contribution in [0.15, 0.2) is 212 Å². The highest BCUT2D eigenvalue weighted by atomic mass is 32.1. The molecule has 0 atom stereocenters. The molecule has 8 aromatic carbocycles. The highest BCUT2D eigenvalue weighted by Crippen LogP contribution is 2.46. The zero-order chi connectivity index (χ0) is 41.0. The van der Waals surface area contributed by atoms with Crippen molar-refractivity contribution in [1.29, 1.82) is 0 Å². The first-order chi connectivity index (χ1) is 30.7. The van der Waals surface area contributed by atoms with Gasteiger partial charge in [-0.25, -0.2) is 15.0 Å². The lowest BCUT2D eigenvalue weighted by atomic mass is 9.93. The van der Waals surface area contributed by atoms with E-state index in [1.807, 2.05) is 78.2 Å². The van der Waals surface area contributed by atoms with Gasteiger partial charge in [0.2, 0.25) is 0 Å². The van der Waals surface area contributed by atoms with E-state index in [-0.39, 0.29) is 0 Å². The van der Waals surface area contributed by atoms with Gasteiger partial charge in [0.15, 0.2) is 17.5 Å². The molecule has 62 heavy (non-hydrogen) atoms. The summed E-state index contributed by atoms with van der Waals surface area (Å²) in [6.45, 7) is 0. The van der Waals surface area contributed by atoms with E-state index in [4.69, 9.17) is 19.9 Å². The van der Waals surface area contributed by atoms with Crippen LogP contribution in [0.1, 0.15) is 0 Å². The highest BCUT2D eigenvalue weighted by Gasteiger charge is 2.22. The lowest BCUT2D eigenvalue weighted by Gasteiger charge is -2.15. The van der Waals surface area contributed by atoms with Crippen molar-refractivity contribution < 1.29 is 0 Å². The summed E-state index contributed by atoms with van der Waals surface area (Å²) in [5, 5.41) is 4.87. The fourth-order valence-corrected chi connectivity index (χ4v) is 10.1. The number of para-hydroxylation sites is 2. The summed E-state index contributed by atoms with van der Waals surface area (Å²) in [7, 11) is 0. The van der Waals surface area contributed by atoms with Crippen LogP contribution in [0.3, 0.4) is 0 Å². The number of hydrogen-bond donors (Lipinski definition) is 0. The van der Waals surface area contributed by atoms with E-state index in [0.717, 1.165) is 60.6 Å². The van der Waals surface area contributed by atoms with Crippen molar-refractivity contribution in [2.24, 2.45) is 0 Å². The van der Waals surface area contributed by atoms with E-state index in [1.165, 1.54) is 37.3 Å². The summed E-state index contributed by atoms with van der Waals surface area (Å²) in [6.07, 6.45) is 2.01. The van der Waals surface area contributed by atoms with Crippen molar-refractivity contribution in [3.05, 3.63) is 212 Å². The zero-order valence-corrected chi connectivity index (χ0v) is 34.2. The third kappa shape index (κ3) is 6.08. The Morgan fingerprint density at radius 3 is 1.60 bits per heavy atom. The molecule has 290 valence electrons. The molecular weight excluding hydrogens is 775 g/mol. The monoisotopic (exact) mass is 809 g/mol. The van der Waals surface area contributed by atoms with Crippen molar-refractivity contribution in [2.45, 2.75) is 0 Å². The maximum Gasteiger partial charge on any atom is 0.166 e. The summed E-state index contributed by atoms with van der Waals surface area (Å²) in [5.41, 5.74) is 12.4. The maximum absolute atomic E-state index is 5.40. The van der Waals surface area contributed by atoms with Gasteiger partial charge in [-0.1, -0.05) is 170 Å². The molecule has 4 aromatic heterocycles. The SMILES string of the molecule is c1ccc(-c2nc(-c3ccccc3)nc(-c3cc(-c4ccccc4-c4ccccc4)cnc3-c3cccc4c3sc3cc5c6ccccc6n(-c6ccccc6)c5cc34)n2)cc1. The number of nitrogens with zero attached hydrogens (tertiary/aromatic N) is 5. The fourth-order valence-electron chi connectivity index (χ4n) is 8.83. The van der Waals surface area contributed by atoms with Gasteiger partial charge in [-0.2, -0.15) is 0 Å². The lowest BCUT2D eigenvalue weighted by molar-refractivity contribution is 1.07. The van der Waals surface area contributed by atoms with Crippen LogP contribution in [0.5, 0.6) is 0 Å². The van der Waals surface area contributed by atoms with Crippen molar-refractivity contribution in [1.82, 2.24) is 24.5 Å². The highest BCUT2D eigenvalue weighted by molar-refractivity contribution is 7.26. The Balaban J connectivity index is 1.12. The average Bonchev–Trinajstić information content (AvgIpc) is 3.89.